The molecule has 0 aromatic heterocycles. The van der Waals surface area contributed by atoms with Crippen molar-refractivity contribution in [3.8, 4) is 0 Å². The predicted octanol–water partition coefficient (Wildman–Crippen LogP) is 1.71. The molecule has 2 rings (SSSR count). The number of halogens is 3. The van der Waals surface area contributed by atoms with Crippen molar-refractivity contribution in [1.29, 1.82) is 0 Å². The minimum Gasteiger partial charge on any atom is -0.352 e. The third-order valence-electron chi connectivity index (χ3n) is 3.34. The lowest BCUT2D eigenvalue weighted by molar-refractivity contribution is -0.123. The molecule has 0 aromatic rings. The van der Waals surface area contributed by atoms with Crippen LogP contribution in [0, 0.1) is 5.92 Å². The van der Waals surface area contributed by atoms with Crippen LogP contribution in [-0.4, -0.2) is 30.5 Å². The second-order valence-corrected chi connectivity index (χ2v) is 4.89. The first-order chi connectivity index (χ1) is 7.52. The first kappa shape index (κ1) is 14.6. The summed E-state index contributed by atoms with van der Waals surface area (Å²) in [6.07, 6.45) is 2.85. The second-order valence-electron chi connectivity index (χ2n) is 4.89. The van der Waals surface area contributed by atoms with Crippen LogP contribution in [0.25, 0.3) is 0 Å². The van der Waals surface area contributed by atoms with Gasteiger partial charge >= 0.3 is 0 Å². The average Bonchev–Trinajstić information content (AvgIpc) is 2.80. The van der Waals surface area contributed by atoms with Crippen molar-refractivity contribution in [2.45, 2.75) is 50.6 Å². The van der Waals surface area contributed by atoms with Crippen LogP contribution in [0.4, 0.5) is 8.78 Å². The summed E-state index contributed by atoms with van der Waals surface area (Å²) in [5.41, 5.74) is 0. The topological polar surface area (TPSA) is 41.1 Å². The molecule has 2 aliphatic rings. The van der Waals surface area contributed by atoms with Crippen molar-refractivity contribution in [3.05, 3.63) is 0 Å². The zero-order chi connectivity index (χ0) is 11.8. The fourth-order valence-corrected chi connectivity index (χ4v) is 2.30. The Hall–Kier alpha value is -0.420. The molecule has 2 fully saturated rings. The van der Waals surface area contributed by atoms with Gasteiger partial charge in [-0.15, -0.1) is 12.4 Å². The molecule has 3 atom stereocenters. The summed E-state index contributed by atoms with van der Waals surface area (Å²) in [7, 11) is 0. The number of carbonyl (C=O) groups is 1. The summed E-state index contributed by atoms with van der Waals surface area (Å²) in [6, 6.07) is -0.485. The molecule has 1 saturated carbocycles. The maximum absolute atomic E-state index is 12.9. The fraction of sp³-hybridized carbons (Fsp3) is 0.909. The number of alkyl halides is 2. The van der Waals surface area contributed by atoms with Gasteiger partial charge in [-0.1, -0.05) is 13.3 Å². The molecule has 6 heteroatoms. The van der Waals surface area contributed by atoms with Crippen molar-refractivity contribution in [2.24, 2.45) is 5.92 Å². The van der Waals surface area contributed by atoms with Gasteiger partial charge in [-0.3, -0.25) is 10.1 Å². The normalized spacial score (nSPS) is 33.9. The molecule has 0 bridgehead atoms. The van der Waals surface area contributed by atoms with Gasteiger partial charge in [0.25, 0.3) is 5.92 Å². The Morgan fingerprint density at radius 1 is 1.53 bits per heavy atom. The molecule has 1 aliphatic heterocycles. The minimum absolute atomic E-state index is 0. The molecule has 3 nitrogen and oxygen atoms in total. The molecule has 100 valence electrons. The van der Waals surface area contributed by atoms with E-state index in [0.717, 1.165) is 19.3 Å². The van der Waals surface area contributed by atoms with Crippen molar-refractivity contribution in [1.82, 2.24) is 10.6 Å². The van der Waals surface area contributed by atoms with E-state index >= 15 is 0 Å². The van der Waals surface area contributed by atoms with Gasteiger partial charge in [-0.2, -0.15) is 0 Å². The van der Waals surface area contributed by atoms with E-state index < -0.39 is 12.0 Å². The van der Waals surface area contributed by atoms with Crippen LogP contribution in [0.5, 0.6) is 0 Å². The number of hydrogen-bond acceptors (Lipinski definition) is 2. The van der Waals surface area contributed by atoms with E-state index in [1.807, 2.05) is 0 Å². The van der Waals surface area contributed by atoms with Crippen LogP contribution >= 0.6 is 12.4 Å². The molecule has 1 saturated heterocycles. The molecule has 1 aliphatic carbocycles. The monoisotopic (exact) mass is 268 g/mol. The van der Waals surface area contributed by atoms with E-state index in [0.29, 0.717) is 5.92 Å². The van der Waals surface area contributed by atoms with Gasteiger partial charge in [-0.05, 0) is 18.8 Å². The van der Waals surface area contributed by atoms with Gasteiger partial charge < -0.3 is 5.32 Å². The predicted molar refractivity (Wildman–Crippen MR) is 63.5 cm³/mol. The largest absolute Gasteiger partial charge is 0.352 e. The van der Waals surface area contributed by atoms with E-state index in [-0.39, 0.29) is 37.3 Å². The van der Waals surface area contributed by atoms with Crippen molar-refractivity contribution in [2.75, 3.05) is 6.54 Å². The smallest absolute Gasteiger partial charge is 0.262 e. The Morgan fingerprint density at radius 3 is 2.76 bits per heavy atom. The van der Waals surface area contributed by atoms with Gasteiger partial charge in [0.15, 0.2) is 0 Å². The molecule has 1 amide bonds. The minimum atomic E-state index is -2.73. The molecule has 17 heavy (non-hydrogen) atoms. The summed E-state index contributed by atoms with van der Waals surface area (Å²) < 4.78 is 25.7. The van der Waals surface area contributed by atoms with E-state index in [4.69, 9.17) is 0 Å². The molecule has 0 spiro atoms. The Labute approximate surface area is 106 Å². The van der Waals surface area contributed by atoms with Crippen LogP contribution in [-0.2, 0) is 4.79 Å². The number of amides is 1. The maximum Gasteiger partial charge on any atom is 0.262 e. The highest BCUT2D eigenvalue weighted by molar-refractivity contribution is 5.85. The maximum atomic E-state index is 12.9. The van der Waals surface area contributed by atoms with E-state index in [9.17, 15) is 13.6 Å². The number of hydrogen-bond donors (Lipinski definition) is 2. The summed E-state index contributed by atoms with van der Waals surface area (Å²) in [5.74, 6) is -2.43. The highest BCUT2D eigenvalue weighted by Gasteiger charge is 2.44. The average molecular weight is 269 g/mol. The first-order valence-electron chi connectivity index (χ1n) is 5.93. The molecule has 0 aromatic carbocycles. The van der Waals surface area contributed by atoms with E-state index in [1.54, 1.807) is 0 Å². The molecule has 3 unspecified atom stereocenters. The van der Waals surface area contributed by atoms with Crippen LogP contribution in [0.2, 0.25) is 0 Å². The lowest BCUT2D eigenvalue weighted by atomic mass is 10.2. The summed E-state index contributed by atoms with van der Waals surface area (Å²) in [4.78, 5) is 11.6. The Kier molecular flexibility index (Phi) is 4.72. The quantitative estimate of drug-likeness (QED) is 0.815. The molecule has 1 heterocycles. The molecule has 2 N–H and O–H groups in total. The highest BCUT2D eigenvalue weighted by atomic mass is 35.5. The third kappa shape index (κ3) is 3.78. The molecular weight excluding hydrogens is 250 g/mol. The van der Waals surface area contributed by atoms with Crippen LogP contribution in [0.3, 0.4) is 0 Å². The van der Waals surface area contributed by atoms with Crippen molar-refractivity contribution in [3.63, 3.8) is 0 Å². The van der Waals surface area contributed by atoms with E-state index in [2.05, 4.69) is 17.6 Å². The van der Waals surface area contributed by atoms with Gasteiger partial charge in [0.1, 0.15) is 0 Å². The summed E-state index contributed by atoms with van der Waals surface area (Å²) in [5, 5.41) is 5.40. The zero-order valence-electron chi connectivity index (χ0n) is 9.84. The summed E-state index contributed by atoms with van der Waals surface area (Å²) >= 11 is 0. The van der Waals surface area contributed by atoms with E-state index in [1.165, 1.54) is 0 Å². The van der Waals surface area contributed by atoms with Gasteiger partial charge in [0, 0.05) is 12.5 Å². The standard InChI is InChI=1S/C11H18F2N2O.ClH/c1-2-3-7-4-8(7)15-10(16)9-5-11(12,13)6-14-9;/h7-9,14H,2-6H2,1H3,(H,15,16);1H. The van der Waals surface area contributed by atoms with Gasteiger partial charge in [-0.25, -0.2) is 8.78 Å². The van der Waals surface area contributed by atoms with Crippen molar-refractivity contribution >= 4 is 18.3 Å². The first-order valence-corrected chi connectivity index (χ1v) is 5.93. The number of rotatable bonds is 4. The molecule has 0 radical (unpaired) electrons. The highest BCUT2D eigenvalue weighted by Crippen LogP contribution is 2.35. The third-order valence-corrected chi connectivity index (χ3v) is 3.34. The zero-order valence-corrected chi connectivity index (χ0v) is 10.7. The SMILES string of the molecule is CCCC1CC1NC(=O)C1CC(F)(F)CN1.Cl. The fourth-order valence-electron chi connectivity index (χ4n) is 2.30. The Balaban J connectivity index is 0.00000144. The van der Waals surface area contributed by atoms with Gasteiger partial charge in [0.05, 0.1) is 12.6 Å². The number of nitrogens with one attached hydrogen (secondary N) is 2. The van der Waals surface area contributed by atoms with Crippen LogP contribution < -0.4 is 10.6 Å². The lowest BCUT2D eigenvalue weighted by Gasteiger charge is -2.10. The lowest BCUT2D eigenvalue weighted by Crippen LogP contribution is -2.41. The Bertz CT molecular complexity index is 289. The molecular formula is C11H19ClF2N2O. The van der Waals surface area contributed by atoms with Crippen molar-refractivity contribution < 1.29 is 13.6 Å². The second kappa shape index (κ2) is 5.48. The van der Waals surface area contributed by atoms with Crippen LogP contribution in [0.15, 0.2) is 0 Å². The van der Waals surface area contributed by atoms with Crippen LogP contribution in [0.1, 0.15) is 32.6 Å². The van der Waals surface area contributed by atoms with Gasteiger partial charge in [0.2, 0.25) is 5.91 Å². The Morgan fingerprint density at radius 2 is 2.24 bits per heavy atom. The summed E-state index contributed by atoms with van der Waals surface area (Å²) in [6.45, 7) is 1.73. The number of carbonyl (C=O) groups excluding carboxylic acids is 1.